The molecule has 3 rings (SSSR count). The van der Waals surface area contributed by atoms with Crippen molar-refractivity contribution >= 4 is 32.8 Å². The van der Waals surface area contributed by atoms with Crippen molar-refractivity contribution in [2.24, 2.45) is 0 Å². The molecule has 0 bridgehead atoms. The quantitative estimate of drug-likeness (QED) is 0.770. The van der Waals surface area contributed by atoms with E-state index in [1.54, 1.807) is 4.68 Å². The van der Waals surface area contributed by atoms with Crippen molar-refractivity contribution in [1.82, 2.24) is 14.8 Å². The lowest BCUT2D eigenvalue weighted by Crippen LogP contribution is -2.02. The second-order valence-electron chi connectivity index (χ2n) is 4.38. The van der Waals surface area contributed by atoms with Gasteiger partial charge in [0, 0.05) is 29.2 Å². The summed E-state index contributed by atoms with van der Waals surface area (Å²) in [5.41, 5.74) is 2.76. The fraction of sp³-hybridized carbons (Fsp3) is 0.143. The Labute approximate surface area is 123 Å². The number of halogens is 1. The van der Waals surface area contributed by atoms with Crippen LogP contribution in [0.3, 0.4) is 0 Å². The number of aryl methyl sites for hydroxylation is 1. The molecule has 0 unspecified atom stereocenters. The van der Waals surface area contributed by atoms with Gasteiger partial charge in [0.1, 0.15) is 0 Å². The van der Waals surface area contributed by atoms with E-state index in [0.717, 1.165) is 22.2 Å². The molecule has 0 fully saturated rings. The maximum absolute atomic E-state index is 11.2. The summed E-state index contributed by atoms with van der Waals surface area (Å²) in [6, 6.07) is 7.90. The Balaban J connectivity index is 2.31. The van der Waals surface area contributed by atoms with Gasteiger partial charge in [-0.05, 0) is 28.9 Å². The van der Waals surface area contributed by atoms with Crippen molar-refractivity contribution in [2.45, 2.75) is 13.5 Å². The van der Waals surface area contributed by atoms with Crippen LogP contribution in [0.1, 0.15) is 17.4 Å². The zero-order chi connectivity index (χ0) is 14.3. The number of H-pyrrole nitrogens is 1. The Morgan fingerprint density at radius 3 is 2.90 bits per heavy atom. The lowest BCUT2D eigenvalue weighted by molar-refractivity contribution is 0.0688. The van der Waals surface area contributed by atoms with Crippen LogP contribution < -0.4 is 0 Å². The van der Waals surface area contributed by atoms with E-state index in [2.05, 4.69) is 26.0 Å². The number of carbonyl (C=O) groups is 1. The first-order valence-corrected chi connectivity index (χ1v) is 6.98. The number of hydrogen-bond donors (Lipinski definition) is 2. The molecule has 5 nitrogen and oxygen atoms in total. The number of carboxylic acids is 1. The molecular weight excluding hydrogens is 322 g/mol. The standard InChI is InChI=1S/C14H12BrN3O2/c1-2-18-13(11(15)12(17-18)14(19)20)9-7-16-10-6-4-3-5-8(9)10/h3-7,16H,2H2,1H3,(H,19,20). The number of carboxylic acid groups (broad SMARTS) is 1. The van der Waals surface area contributed by atoms with Crippen molar-refractivity contribution in [3.05, 3.63) is 40.6 Å². The predicted molar refractivity (Wildman–Crippen MR) is 79.9 cm³/mol. The minimum atomic E-state index is -1.04. The SMILES string of the molecule is CCn1nc(C(=O)O)c(Br)c1-c1c[nH]c2ccccc12. The minimum absolute atomic E-state index is 0.0344. The zero-order valence-electron chi connectivity index (χ0n) is 10.7. The molecule has 0 aliphatic rings. The summed E-state index contributed by atoms with van der Waals surface area (Å²) >= 11 is 3.37. The molecule has 0 spiro atoms. The van der Waals surface area contributed by atoms with E-state index < -0.39 is 5.97 Å². The van der Waals surface area contributed by atoms with Crippen molar-refractivity contribution < 1.29 is 9.90 Å². The Bertz CT molecular complexity index is 804. The van der Waals surface area contributed by atoms with Gasteiger partial charge in [-0.3, -0.25) is 4.68 Å². The molecule has 3 aromatic rings. The second-order valence-corrected chi connectivity index (χ2v) is 5.17. The van der Waals surface area contributed by atoms with E-state index in [1.165, 1.54) is 0 Å². The number of aromatic nitrogens is 3. The maximum Gasteiger partial charge on any atom is 0.357 e. The van der Waals surface area contributed by atoms with E-state index in [-0.39, 0.29) is 5.69 Å². The summed E-state index contributed by atoms with van der Waals surface area (Å²) in [7, 11) is 0. The third-order valence-corrected chi connectivity index (χ3v) is 3.99. The first-order chi connectivity index (χ1) is 9.63. The third kappa shape index (κ3) is 1.84. The van der Waals surface area contributed by atoms with Crippen LogP contribution >= 0.6 is 15.9 Å². The van der Waals surface area contributed by atoms with Crippen molar-refractivity contribution in [3.63, 3.8) is 0 Å². The van der Waals surface area contributed by atoms with Crippen LogP contribution in [0.2, 0.25) is 0 Å². The monoisotopic (exact) mass is 333 g/mol. The van der Waals surface area contributed by atoms with Gasteiger partial charge < -0.3 is 10.1 Å². The number of benzene rings is 1. The number of hydrogen-bond acceptors (Lipinski definition) is 2. The minimum Gasteiger partial charge on any atom is -0.476 e. The molecule has 0 aliphatic heterocycles. The van der Waals surface area contributed by atoms with Gasteiger partial charge in [0.05, 0.1) is 10.2 Å². The lowest BCUT2D eigenvalue weighted by atomic mass is 10.1. The fourth-order valence-corrected chi connectivity index (χ4v) is 3.00. The van der Waals surface area contributed by atoms with Gasteiger partial charge >= 0.3 is 5.97 Å². The van der Waals surface area contributed by atoms with Crippen molar-refractivity contribution in [2.75, 3.05) is 0 Å². The molecular formula is C14H12BrN3O2. The molecule has 20 heavy (non-hydrogen) atoms. The van der Waals surface area contributed by atoms with Gasteiger partial charge in [-0.25, -0.2) is 4.79 Å². The van der Waals surface area contributed by atoms with Crippen LogP contribution in [-0.2, 0) is 6.54 Å². The van der Waals surface area contributed by atoms with E-state index in [9.17, 15) is 9.90 Å². The summed E-state index contributed by atoms with van der Waals surface area (Å²) in [5, 5.41) is 14.4. The molecule has 0 saturated heterocycles. The van der Waals surface area contributed by atoms with Crippen LogP contribution in [0, 0.1) is 0 Å². The number of nitrogens with one attached hydrogen (secondary N) is 1. The highest BCUT2D eigenvalue weighted by atomic mass is 79.9. The van der Waals surface area contributed by atoms with Gasteiger partial charge in [0.2, 0.25) is 0 Å². The number of aromatic carboxylic acids is 1. The highest BCUT2D eigenvalue weighted by Crippen LogP contribution is 2.35. The molecule has 1 aromatic carbocycles. The van der Waals surface area contributed by atoms with Gasteiger partial charge in [0.15, 0.2) is 5.69 Å². The van der Waals surface area contributed by atoms with Gasteiger partial charge in [0.25, 0.3) is 0 Å². The van der Waals surface area contributed by atoms with E-state index in [4.69, 9.17) is 0 Å². The molecule has 102 valence electrons. The Hall–Kier alpha value is -2.08. The summed E-state index contributed by atoms with van der Waals surface area (Å²) < 4.78 is 2.21. The largest absolute Gasteiger partial charge is 0.476 e. The Morgan fingerprint density at radius 1 is 1.45 bits per heavy atom. The average molecular weight is 334 g/mol. The molecule has 0 amide bonds. The first-order valence-electron chi connectivity index (χ1n) is 6.19. The highest BCUT2D eigenvalue weighted by molar-refractivity contribution is 9.10. The molecule has 0 radical (unpaired) electrons. The van der Waals surface area contributed by atoms with Crippen LogP contribution in [-0.4, -0.2) is 25.8 Å². The van der Waals surface area contributed by atoms with Crippen molar-refractivity contribution in [3.8, 4) is 11.3 Å². The average Bonchev–Trinajstić information content (AvgIpc) is 2.99. The zero-order valence-corrected chi connectivity index (χ0v) is 12.3. The first kappa shape index (κ1) is 12.9. The highest BCUT2D eigenvalue weighted by Gasteiger charge is 2.22. The topological polar surface area (TPSA) is 70.9 Å². The molecule has 2 N–H and O–H groups in total. The van der Waals surface area contributed by atoms with Gasteiger partial charge in [-0.1, -0.05) is 18.2 Å². The van der Waals surface area contributed by atoms with Crippen LogP contribution in [0.15, 0.2) is 34.9 Å². The number of fused-ring (bicyclic) bond motifs is 1. The van der Waals surface area contributed by atoms with Crippen LogP contribution in [0.4, 0.5) is 0 Å². The summed E-state index contributed by atoms with van der Waals surface area (Å²) in [6.45, 7) is 2.53. The maximum atomic E-state index is 11.2. The number of rotatable bonds is 3. The number of para-hydroxylation sites is 1. The summed E-state index contributed by atoms with van der Waals surface area (Å²) in [4.78, 5) is 14.4. The fourth-order valence-electron chi connectivity index (χ4n) is 2.33. The van der Waals surface area contributed by atoms with E-state index in [0.29, 0.717) is 11.0 Å². The lowest BCUT2D eigenvalue weighted by Gasteiger charge is -2.04. The molecule has 0 saturated carbocycles. The molecule has 2 heterocycles. The van der Waals surface area contributed by atoms with Gasteiger partial charge in [-0.15, -0.1) is 0 Å². The Kier molecular flexibility index (Phi) is 3.10. The van der Waals surface area contributed by atoms with Crippen molar-refractivity contribution in [1.29, 1.82) is 0 Å². The second kappa shape index (κ2) is 4.79. The summed E-state index contributed by atoms with van der Waals surface area (Å²) in [6.07, 6.45) is 1.88. The van der Waals surface area contributed by atoms with E-state index in [1.807, 2.05) is 37.4 Å². The molecule has 0 atom stereocenters. The number of nitrogens with zero attached hydrogens (tertiary/aromatic N) is 2. The predicted octanol–water partition coefficient (Wildman–Crippen LogP) is 3.51. The number of aromatic amines is 1. The van der Waals surface area contributed by atoms with Crippen LogP contribution in [0.25, 0.3) is 22.2 Å². The Morgan fingerprint density at radius 2 is 2.20 bits per heavy atom. The normalized spacial score (nSPS) is 11.1. The summed E-state index contributed by atoms with van der Waals surface area (Å²) in [5.74, 6) is -1.04. The van der Waals surface area contributed by atoms with Crippen LogP contribution in [0.5, 0.6) is 0 Å². The smallest absolute Gasteiger partial charge is 0.357 e. The third-order valence-electron chi connectivity index (χ3n) is 3.24. The van der Waals surface area contributed by atoms with E-state index >= 15 is 0 Å². The van der Waals surface area contributed by atoms with Gasteiger partial charge in [-0.2, -0.15) is 5.10 Å². The molecule has 2 aromatic heterocycles. The molecule has 6 heteroatoms. The molecule has 0 aliphatic carbocycles.